The lowest BCUT2D eigenvalue weighted by atomic mass is 9.87. The molecule has 22 heavy (non-hydrogen) atoms. The number of fused-ring (bicyclic) bond motifs is 1. The molecule has 0 fully saturated rings. The molecule has 1 aliphatic carbocycles. The standard InChI is InChI=1S/C18H24N2O2/c1-5-11-19-16-8-6-7-13-12-14(9-10-15(13)16)20-17(21)22-18(2,3)4/h1,9-10,12,16,19H,6-8,11H2,2-4H3,(H,20,21). The Balaban J connectivity index is 2.08. The lowest BCUT2D eigenvalue weighted by molar-refractivity contribution is 0.0636. The van der Waals surface area contributed by atoms with Crippen LogP contribution in [0.3, 0.4) is 0 Å². The smallest absolute Gasteiger partial charge is 0.412 e. The second-order valence-corrected chi connectivity index (χ2v) is 6.57. The third-order valence-corrected chi connectivity index (χ3v) is 3.55. The van der Waals surface area contributed by atoms with E-state index in [0.717, 1.165) is 24.9 Å². The van der Waals surface area contributed by atoms with Gasteiger partial charge in [0.15, 0.2) is 0 Å². The molecule has 1 atom stereocenters. The zero-order chi connectivity index (χ0) is 16.2. The zero-order valence-corrected chi connectivity index (χ0v) is 13.5. The van der Waals surface area contributed by atoms with Gasteiger partial charge in [-0.15, -0.1) is 6.42 Å². The molecule has 1 amide bonds. The molecule has 0 heterocycles. The Morgan fingerprint density at radius 1 is 1.45 bits per heavy atom. The van der Waals surface area contributed by atoms with Gasteiger partial charge in [-0.2, -0.15) is 0 Å². The minimum absolute atomic E-state index is 0.301. The number of rotatable bonds is 3. The van der Waals surface area contributed by atoms with Crippen LogP contribution in [0.5, 0.6) is 0 Å². The summed E-state index contributed by atoms with van der Waals surface area (Å²) in [6.45, 7) is 6.12. The molecule has 4 heteroatoms. The van der Waals surface area contributed by atoms with Crippen molar-refractivity contribution in [2.45, 2.75) is 51.7 Å². The highest BCUT2D eigenvalue weighted by Crippen LogP contribution is 2.31. The molecule has 2 N–H and O–H groups in total. The number of hydrogen-bond acceptors (Lipinski definition) is 3. The lowest BCUT2D eigenvalue weighted by Gasteiger charge is -2.26. The number of nitrogens with one attached hydrogen (secondary N) is 2. The van der Waals surface area contributed by atoms with Crippen LogP contribution >= 0.6 is 0 Å². The van der Waals surface area contributed by atoms with Crippen molar-refractivity contribution in [3.05, 3.63) is 29.3 Å². The van der Waals surface area contributed by atoms with Gasteiger partial charge in [-0.25, -0.2) is 4.79 Å². The maximum atomic E-state index is 11.8. The SMILES string of the molecule is C#CCNC1CCCc2cc(NC(=O)OC(C)(C)C)ccc21. The van der Waals surface area contributed by atoms with E-state index in [4.69, 9.17) is 11.2 Å². The van der Waals surface area contributed by atoms with Crippen molar-refractivity contribution < 1.29 is 9.53 Å². The molecule has 1 aliphatic rings. The molecule has 0 saturated carbocycles. The summed E-state index contributed by atoms with van der Waals surface area (Å²) in [5, 5.41) is 6.16. The number of terminal acetylenes is 1. The number of benzene rings is 1. The second kappa shape index (κ2) is 6.85. The monoisotopic (exact) mass is 300 g/mol. The number of ether oxygens (including phenoxy) is 1. The Bertz CT molecular complexity index is 582. The van der Waals surface area contributed by atoms with E-state index < -0.39 is 11.7 Å². The van der Waals surface area contributed by atoms with Crippen LogP contribution in [-0.2, 0) is 11.2 Å². The van der Waals surface area contributed by atoms with Crippen molar-refractivity contribution in [3.63, 3.8) is 0 Å². The normalized spacial score (nSPS) is 17.3. The molecule has 118 valence electrons. The molecule has 0 aliphatic heterocycles. The van der Waals surface area contributed by atoms with Gasteiger partial charge in [0.1, 0.15) is 5.60 Å². The summed E-state index contributed by atoms with van der Waals surface area (Å²) in [6, 6.07) is 6.31. The Morgan fingerprint density at radius 3 is 2.91 bits per heavy atom. The summed E-state index contributed by atoms with van der Waals surface area (Å²) < 4.78 is 5.28. The van der Waals surface area contributed by atoms with E-state index in [9.17, 15) is 4.79 Å². The Hall–Kier alpha value is -1.99. The van der Waals surface area contributed by atoms with Crippen molar-refractivity contribution >= 4 is 11.8 Å². The first-order valence-corrected chi connectivity index (χ1v) is 7.69. The first kappa shape index (κ1) is 16.4. The van der Waals surface area contributed by atoms with Crippen LogP contribution in [0.15, 0.2) is 18.2 Å². The average Bonchev–Trinajstić information content (AvgIpc) is 2.42. The van der Waals surface area contributed by atoms with Gasteiger partial charge in [0.05, 0.1) is 6.54 Å². The van der Waals surface area contributed by atoms with E-state index in [0.29, 0.717) is 12.6 Å². The molecule has 0 aromatic heterocycles. The maximum Gasteiger partial charge on any atom is 0.412 e. The predicted octanol–water partition coefficient (Wildman–Crippen LogP) is 3.63. The Labute approximate surface area is 132 Å². The highest BCUT2D eigenvalue weighted by molar-refractivity contribution is 5.85. The largest absolute Gasteiger partial charge is 0.444 e. The van der Waals surface area contributed by atoms with Crippen LogP contribution < -0.4 is 10.6 Å². The van der Waals surface area contributed by atoms with E-state index in [1.54, 1.807) is 0 Å². The minimum Gasteiger partial charge on any atom is -0.444 e. The first-order valence-electron chi connectivity index (χ1n) is 7.69. The van der Waals surface area contributed by atoms with Crippen LogP contribution in [0, 0.1) is 12.3 Å². The van der Waals surface area contributed by atoms with Gasteiger partial charge >= 0.3 is 6.09 Å². The summed E-state index contributed by atoms with van der Waals surface area (Å²) in [6.07, 6.45) is 8.12. The number of anilines is 1. The van der Waals surface area contributed by atoms with E-state index in [1.807, 2.05) is 32.9 Å². The molecule has 4 nitrogen and oxygen atoms in total. The minimum atomic E-state index is -0.497. The average molecular weight is 300 g/mol. The van der Waals surface area contributed by atoms with Gasteiger partial charge in [0.2, 0.25) is 0 Å². The molecular weight excluding hydrogens is 276 g/mol. The molecule has 0 radical (unpaired) electrons. The van der Waals surface area contributed by atoms with Crippen molar-refractivity contribution in [2.24, 2.45) is 0 Å². The number of amides is 1. The second-order valence-electron chi connectivity index (χ2n) is 6.57. The summed E-state index contributed by atoms with van der Waals surface area (Å²) in [4.78, 5) is 11.8. The fraction of sp³-hybridized carbons (Fsp3) is 0.500. The molecule has 1 aromatic rings. The van der Waals surface area contributed by atoms with Gasteiger partial charge in [-0.05, 0) is 63.3 Å². The van der Waals surface area contributed by atoms with E-state index >= 15 is 0 Å². The maximum absolute atomic E-state index is 11.8. The first-order chi connectivity index (χ1) is 10.4. The highest BCUT2D eigenvalue weighted by atomic mass is 16.6. The van der Waals surface area contributed by atoms with E-state index in [1.165, 1.54) is 11.1 Å². The number of aryl methyl sites for hydroxylation is 1. The predicted molar refractivity (Wildman–Crippen MR) is 88.8 cm³/mol. The fourth-order valence-electron chi connectivity index (χ4n) is 2.71. The Kier molecular flexibility index (Phi) is 5.10. The highest BCUT2D eigenvalue weighted by Gasteiger charge is 2.21. The third kappa shape index (κ3) is 4.51. The quantitative estimate of drug-likeness (QED) is 0.838. The number of carbonyl (C=O) groups excluding carboxylic acids is 1. The van der Waals surface area contributed by atoms with Gasteiger partial charge < -0.3 is 4.74 Å². The Morgan fingerprint density at radius 2 is 2.23 bits per heavy atom. The van der Waals surface area contributed by atoms with Gasteiger partial charge in [0, 0.05) is 11.7 Å². The van der Waals surface area contributed by atoms with Crippen LogP contribution in [0.2, 0.25) is 0 Å². The summed E-state index contributed by atoms with van der Waals surface area (Å²) >= 11 is 0. The van der Waals surface area contributed by atoms with Gasteiger partial charge in [-0.3, -0.25) is 10.6 Å². The van der Waals surface area contributed by atoms with E-state index in [2.05, 4.69) is 22.6 Å². The van der Waals surface area contributed by atoms with Crippen molar-refractivity contribution in [3.8, 4) is 12.3 Å². The molecule has 1 aromatic carbocycles. The van der Waals surface area contributed by atoms with Crippen LogP contribution in [0.1, 0.15) is 50.8 Å². The van der Waals surface area contributed by atoms with Crippen molar-refractivity contribution in [1.29, 1.82) is 0 Å². The zero-order valence-electron chi connectivity index (χ0n) is 13.5. The fourth-order valence-corrected chi connectivity index (χ4v) is 2.71. The van der Waals surface area contributed by atoms with Gasteiger partial charge in [-0.1, -0.05) is 12.0 Å². The van der Waals surface area contributed by atoms with Crippen LogP contribution in [-0.4, -0.2) is 18.2 Å². The summed E-state index contributed by atoms with van der Waals surface area (Å²) in [5.41, 5.74) is 2.80. The molecule has 1 unspecified atom stereocenters. The van der Waals surface area contributed by atoms with E-state index in [-0.39, 0.29) is 0 Å². The number of hydrogen-bond donors (Lipinski definition) is 2. The van der Waals surface area contributed by atoms with Gasteiger partial charge in [0.25, 0.3) is 0 Å². The van der Waals surface area contributed by atoms with Crippen LogP contribution in [0.4, 0.5) is 10.5 Å². The third-order valence-electron chi connectivity index (χ3n) is 3.55. The number of carbonyl (C=O) groups is 1. The molecule has 0 saturated heterocycles. The lowest BCUT2D eigenvalue weighted by Crippen LogP contribution is -2.28. The molecule has 2 rings (SSSR count). The van der Waals surface area contributed by atoms with Crippen LogP contribution in [0.25, 0.3) is 0 Å². The molecular formula is C18H24N2O2. The summed E-state index contributed by atoms with van der Waals surface area (Å²) in [5.74, 6) is 2.62. The van der Waals surface area contributed by atoms with Crippen molar-refractivity contribution in [1.82, 2.24) is 5.32 Å². The summed E-state index contributed by atoms with van der Waals surface area (Å²) in [7, 11) is 0. The topological polar surface area (TPSA) is 50.4 Å². The van der Waals surface area contributed by atoms with Crippen molar-refractivity contribution in [2.75, 3.05) is 11.9 Å². The molecule has 0 spiro atoms. The molecule has 0 bridgehead atoms.